The van der Waals surface area contributed by atoms with E-state index in [0.29, 0.717) is 16.8 Å². The summed E-state index contributed by atoms with van der Waals surface area (Å²) >= 11 is 0. The van der Waals surface area contributed by atoms with Gasteiger partial charge >= 0.3 is 6.18 Å². The molecule has 90 heavy (non-hydrogen) atoms. The van der Waals surface area contributed by atoms with Gasteiger partial charge in [0.25, 0.3) is 6.71 Å². The molecule has 0 N–H and O–H groups in total. The normalized spacial score (nSPS) is 12.3. The van der Waals surface area contributed by atoms with E-state index in [4.69, 9.17) is 0 Å². The Morgan fingerprint density at radius 3 is 1.28 bits per heavy atom. The van der Waals surface area contributed by atoms with Crippen LogP contribution >= 0.6 is 0 Å². The number of hydrogen-bond acceptors (Lipinski definition) is 4. The number of benzene rings is 13. The molecule has 0 saturated heterocycles. The molecular weight excluding hydrogens is 1110 g/mol. The third-order valence-electron chi connectivity index (χ3n) is 17.9. The third-order valence-corrected chi connectivity index (χ3v) is 17.9. The largest absolute Gasteiger partial charge is 0.416 e. The molecule has 0 saturated carbocycles. The van der Waals surface area contributed by atoms with Crippen LogP contribution in [0.2, 0.25) is 0 Å². The Morgan fingerprint density at radius 1 is 0.322 bits per heavy atom. The molecule has 0 aliphatic carbocycles. The number of aromatic nitrogens is 1. The molecule has 0 amide bonds. The van der Waals surface area contributed by atoms with E-state index in [1.807, 2.05) is 42.5 Å². The molecule has 13 aromatic carbocycles. The van der Waals surface area contributed by atoms with Crippen molar-refractivity contribution in [2.75, 3.05) is 9.80 Å². The average molecular weight is 1160 g/mol. The van der Waals surface area contributed by atoms with Gasteiger partial charge in [0.15, 0.2) is 0 Å². The van der Waals surface area contributed by atoms with Gasteiger partial charge in [0.05, 0.1) is 45.5 Å². The van der Waals surface area contributed by atoms with Gasteiger partial charge in [-0.2, -0.15) is 23.7 Å². The SMILES string of the molecule is N#Cc1ccc(-n2c3ccccc3c3cc(-c4cc5c6c(c4)N(c4ccc(-c7ccccc7)cc4)c4ccc(-c7ccccc7)cc4B6c4cc(-c6ccccc6)ccc4N5c4ccc(-c5ccccc5)cc4)ccc32)c(-c2ccc(C(F)(F)F)cc2C#N)c1. The molecule has 0 radical (unpaired) electrons. The van der Waals surface area contributed by atoms with Crippen LogP contribution in [0.5, 0.6) is 0 Å². The zero-order chi connectivity index (χ0) is 60.6. The van der Waals surface area contributed by atoms with Crippen molar-refractivity contribution in [1.82, 2.24) is 4.57 Å². The molecule has 0 fully saturated rings. The summed E-state index contributed by atoms with van der Waals surface area (Å²) in [6, 6.07) is 106. The molecule has 14 aromatic rings. The van der Waals surface area contributed by atoms with E-state index in [2.05, 4.69) is 251 Å². The topological polar surface area (TPSA) is 59.0 Å². The highest BCUT2D eigenvalue weighted by Gasteiger charge is 2.44. The fourth-order valence-electron chi connectivity index (χ4n) is 13.7. The number of fused-ring (bicyclic) bond motifs is 7. The van der Waals surface area contributed by atoms with Crippen molar-refractivity contribution in [2.24, 2.45) is 0 Å². The number of nitrogens with zero attached hydrogens (tertiary/aromatic N) is 5. The van der Waals surface area contributed by atoms with Crippen LogP contribution in [0.15, 0.2) is 297 Å². The maximum atomic E-state index is 14.1. The summed E-state index contributed by atoms with van der Waals surface area (Å²) in [5.74, 6) is 0. The molecule has 0 unspecified atom stereocenters. The van der Waals surface area contributed by atoms with Crippen molar-refractivity contribution < 1.29 is 13.2 Å². The van der Waals surface area contributed by atoms with E-state index in [9.17, 15) is 23.7 Å². The summed E-state index contributed by atoms with van der Waals surface area (Å²) in [7, 11) is 0. The van der Waals surface area contributed by atoms with Gasteiger partial charge in [-0.3, -0.25) is 0 Å². The van der Waals surface area contributed by atoms with Crippen molar-refractivity contribution in [3.63, 3.8) is 0 Å². The van der Waals surface area contributed by atoms with Crippen LogP contribution in [-0.4, -0.2) is 11.3 Å². The molecule has 422 valence electrons. The summed E-state index contributed by atoms with van der Waals surface area (Å²) in [6.45, 7) is -0.214. The molecular formula is C81H49BF3N5. The summed E-state index contributed by atoms with van der Waals surface area (Å²) < 4.78 is 44.5. The quantitative estimate of drug-likeness (QED) is 0.135. The predicted octanol–water partition coefficient (Wildman–Crippen LogP) is 19.6. The first kappa shape index (κ1) is 53.6. The first-order valence-corrected chi connectivity index (χ1v) is 29.9. The molecule has 9 heteroatoms. The zero-order valence-electron chi connectivity index (χ0n) is 48.2. The van der Waals surface area contributed by atoms with Gasteiger partial charge in [0.2, 0.25) is 0 Å². The van der Waals surface area contributed by atoms with Gasteiger partial charge < -0.3 is 14.4 Å². The van der Waals surface area contributed by atoms with Crippen molar-refractivity contribution in [3.05, 3.63) is 314 Å². The Labute approximate surface area is 519 Å². The predicted molar refractivity (Wildman–Crippen MR) is 362 cm³/mol. The van der Waals surface area contributed by atoms with Crippen LogP contribution in [0.1, 0.15) is 16.7 Å². The van der Waals surface area contributed by atoms with Crippen molar-refractivity contribution in [2.45, 2.75) is 6.18 Å². The van der Waals surface area contributed by atoms with Gasteiger partial charge in [0, 0.05) is 56.0 Å². The first-order valence-electron chi connectivity index (χ1n) is 29.9. The molecule has 0 spiro atoms. The van der Waals surface area contributed by atoms with Crippen LogP contribution in [0.4, 0.5) is 47.3 Å². The lowest BCUT2D eigenvalue weighted by Crippen LogP contribution is -2.61. The maximum absolute atomic E-state index is 14.1. The lowest BCUT2D eigenvalue weighted by molar-refractivity contribution is -0.137. The molecule has 1 aromatic heterocycles. The Morgan fingerprint density at radius 2 is 0.767 bits per heavy atom. The minimum atomic E-state index is -4.66. The fraction of sp³-hybridized carbons (Fsp3) is 0.0123. The zero-order valence-corrected chi connectivity index (χ0v) is 48.2. The summed E-state index contributed by atoms with van der Waals surface area (Å²) in [6.07, 6.45) is -4.66. The van der Waals surface area contributed by atoms with E-state index in [0.717, 1.165) is 124 Å². The minimum Gasteiger partial charge on any atom is -0.311 e. The van der Waals surface area contributed by atoms with E-state index in [-0.39, 0.29) is 17.8 Å². The van der Waals surface area contributed by atoms with Crippen LogP contribution < -0.4 is 26.2 Å². The van der Waals surface area contributed by atoms with Crippen LogP contribution in [0.3, 0.4) is 0 Å². The second-order valence-electron chi connectivity index (χ2n) is 22.9. The summed E-state index contributed by atoms with van der Waals surface area (Å²) in [5, 5.41) is 22.5. The third kappa shape index (κ3) is 9.02. The highest BCUT2D eigenvalue weighted by Crippen LogP contribution is 2.49. The number of hydrogen-bond donors (Lipinski definition) is 0. The minimum absolute atomic E-state index is 0.149. The monoisotopic (exact) mass is 1160 g/mol. The van der Waals surface area contributed by atoms with Gasteiger partial charge in [-0.15, -0.1) is 0 Å². The van der Waals surface area contributed by atoms with Gasteiger partial charge in [-0.1, -0.05) is 200 Å². The Hall–Kier alpha value is -11.9. The molecule has 2 aliphatic heterocycles. The Kier molecular flexibility index (Phi) is 12.8. The van der Waals surface area contributed by atoms with Crippen molar-refractivity contribution in [1.29, 1.82) is 10.5 Å². The maximum Gasteiger partial charge on any atom is 0.416 e. The molecule has 0 atom stereocenters. The summed E-state index contributed by atoms with van der Waals surface area (Å²) in [4.78, 5) is 4.90. The number of para-hydroxylation sites is 1. The van der Waals surface area contributed by atoms with Crippen molar-refractivity contribution in [3.8, 4) is 84.6 Å². The van der Waals surface area contributed by atoms with E-state index in [1.165, 1.54) is 22.5 Å². The molecule has 3 heterocycles. The lowest BCUT2D eigenvalue weighted by atomic mass is 9.33. The number of rotatable bonds is 9. The number of alkyl halides is 3. The van der Waals surface area contributed by atoms with Gasteiger partial charge in [-0.25, -0.2) is 0 Å². The second-order valence-corrected chi connectivity index (χ2v) is 22.9. The molecule has 2 aliphatic rings. The number of nitriles is 2. The van der Waals surface area contributed by atoms with E-state index in [1.54, 1.807) is 12.1 Å². The smallest absolute Gasteiger partial charge is 0.311 e. The van der Waals surface area contributed by atoms with Crippen LogP contribution in [-0.2, 0) is 6.18 Å². The fourth-order valence-corrected chi connectivity index (χ4v) is 13.7. The average Bonchev–Trinajstić information content (AvgIpc) is 0.787. The van der Waals surface area contributed by atoms with Crippen molar-refractivity contribution >= 4 is 79.0 Å². The molecule has 5 nitrogen and oxygen atoms in total. The highest BCUT2D eigenvalue weighted by molar-refractivity contribution is 7.00. The summed E-state index contributed by atoms with van der Waals surface area (Å²) in [5.41, 5.74) is 23.0. The van der Waals surface area contributed by atoms with Crippen LogP contribution in [0.25, 0.3) is 94.3 Å². The molecule has 16 rings (SSSR count). The van der Waals surface area contributed by atoms with Crippen LogP contribution in [0, 0.1) is 22.7 Å². The van der Waals surface area contributed by atoms with Gasteiger partial charge in [0.1, 0.15) is 0 Å². The second kappa shape index (κ2) is 21.5. The number of anilines is 6. The standard InChI is InChI=1S/C81H49BF3N5/c83-81(84,85)64-33-38-67(63(44-64)51-87)69-43-52(50-86)25-39-74(69)90-73-24-14-13-23-68(73)70-45-59(30-40-75(70)90)62-48-78-80-79(49-62)89(66-36-28-58(29-37-66)54-17-7-2-8-18-54)77-42-32-61(56-21-11-4-12-22-56)47-72(77)82(80)71-46-60(55-19-9-3-10-20-55)31-41-76(71)88(78)65-34-26-57(27-35-65)53-15-5-1-6-16-53/h1-49H. The van der Waals surface area contributed by atoms with E-state index >= 15 is 0 Å². The Bertz CT molecular complexity index is 5050. The first-order chi connectivity index (χ1) is 44.2. The highest BCUT2D eigenvalue weighted by atomic mass is 19.4. The molecule has 0 bridgehead atoms. The Balaban J connectivity index is 0.959. The van der Waals surface area contributed by atoms with E-state index < -0.39 is 11.7 Å². The lowest BCUT2D eigenvalue weighted by Gasteiger charge is -2.44. The van der Waals surface area contributed by atoms with Gasteiger partial charge in [-0.05, 0) is 169 Å². The number of halogens is 3.